The number of likely N-dealkylation sites (N-methyl/N-ethyl adjacent to an activating group) is 1. The van der Waals surface area contributed by atoms with Gasteiger partial charge in [0.1, 0.15) is 17.5 Å². The molecule has 1 N–H and O–H groups in total. The minimum absolute atomic E-state index is 0.312. The predicted molar refractivity (Wildman–Crippen MR) is 89.4 cm³/mol. The molecule has 1 heterocycles. The Morgan fingerprint density at radius 1 is 1.19 bits per heavy atom. The summed E-state index contributed by atoms with van der Waals surface area (Å²) < 4.78 is 5.48. The van der Waals surface area contributed by atoms with Crippen molar-refractivity contribution in [3.63, 3.8) is 0 Å². The van der Waals surface area contributed by atoms with Crippen LogP contribution >= 0.6 is 0 Å². The molecular weight excluding hydrogens is 264 g/mol. The van der Waals surface area contributed by atoms with Crippen LogP contribution < -0.4 is 10.2 Å². The lowest BCUT2D eigenvalue weighted by Gasteiger charge is -2.25. The quantitative estimate of drug-likeness (QED) is 0.709. The van der Waals surface area contributed by atoms with E-state index in [2.05, 4.69) is 49.8 Å². The molecule has 5 heteroatoms. The minimum atomic E-state index is 0.312. The van der Waals surface area contributed by atoms with Gasteiger partial charge >= 0.3 is 0 Å². The van der Waals surface area contributed by atoms with Crippen molar-refractivity contribution in [2.45, 2.75) is 47.5 Å². The van der Waals surface area contributed by atoms with E-state index < -0.39 is 0 Å². The van der Waals surface area contributed by atoms with Gasteiger partial charge in [0.2, 0.25) is 0 Å². The van der Waals surface area contributed by atoms with E-state index in [0.717, 1.165) is 55.9 Å². The zero-order valence-corrected chi connectivity index (χ0v) is 14.4. The normalized spacial score (nSPS) is 11.0. The van der Waals surface area contributed by atoms with Gasteiger partial charge in [-0.1, -0.05) is 13.8 Å². The third-order valence-electron chi connectivity index (χ3n) is 3.39. The smallest absolute Gasteiger partial charge is 0.137 e. The summed E-state index contributed by atoms with van der Waals surface area (Å²) in [4.78, 5) is 11.7. The summed E-state index contributed by atoms with van der Waals surface area (Å²) in [6, 6.07) is 0. The molecule has 5 nitrogen and oxygen atoms in total. The molecule has 0 amide bonds. The zero-order chi connectivity index (χ0) is 15.8. The number of hydrogen-bond acceptors (Lipinski definition) is 5. The lowest BCUT2D eigenvalue weighted by Crippen LogP contribution is -2.29. The molecular formula is C16H30N4O. The van der Waals surface area contributed by atoms with E-state index in [9.17, 15) is 0 Å². The van der Waals surface area contributed by atoms with E-state index >= 15 is 0 Å². The maximum atomic E-state index is 5.48. The van der Waals surface area contributed by atoms with E-state index in [1.54, 1.807) is 0 Å². The number of hydrogen-bond donors (Lipinski definition) is 1. The molecule has 0 aliphatic heterocycles. The van der Waals surface area contributed by atoms with E-state index in [1.807, 2.05) is 6.92 Å². The fourth-order valence-electron chi connectivity index (χ4n) is 2.16. The Balaban J connectivity index is 3.11. The van der Waals surface area contributed by atoms with Gasteiger partial charge in [-0.15, -0.1) is 0 Å². The molecule has 0 radical (unpaired) electrons. The first-order valence-electron chi connectivity index (χ1n) is 8.00. The van der Waals surface area contributed by atoms with Crippen LogP contribution in [0.25, 0.3) is 0 Å². The average Bonchev–Trinajstić information content (AvgIpc) is 2.46. The highest BCUT2D eigenvalue weighted by atomic mass is 16.5. The molecule has 0 atom stereocenters. The highest BCUT2D eigenvalue weighted by molar-refractivity contribution is 5.58. The molecule has 0 bridgehead atoms. The van der Waals surface area contributed by atoms with Gasteiger partial charge in [0.15, 0.2) is 0 Å². The van der Waals surface area contributed by atoms with Crippen molar-refractivity contribution in [3.05, 3.63) is 11.4 Å². The van der Waals surface area contributed by atoms with Crippen LogP contribution in [0.5, 0.6) is 0 Å². The van der Waals surface area contributed by atoms with Gasteiger partial charge in [0, 0.05) is 37.7 Å². The van der Waals surface area contributed by atoms with E-state index in [-0.39, 0.29) is 0 Å². The molecule has 0 aliphatic carbocycles. The largest absolute Gasteiger partial charge is 0.380 e. The van der Waals surface area contributed by atoms with Gasteiger partial charge in [-0.25, -0.2) is 9.97 Å². The molecule has 1 aromatic heterocycles. The Hall–Kier alpha value is -1.36. The second-order valence-corrected chi connectivity index (χ2v) is 5.34. The number of anilines is 2. The lowest BCUT2D eigenvalue weighted by molar-refractivity contribution is 0.154. The maximum absolute atomic E-state index is 5.48. The number of rotatable bonds is 9. The van der Waals surface area contributed by atoms with E-state index in [1.165, 1.54) is 0 Å². The van der Waals surface area contributed by atoms with Crippen molar-refractivity contribution >= 4 is 11.6 Å². The third-order valence-corrected chi connectivity index (χ3v) is 3.39. The summed E-state index contributed by atoms with van der Waals surface area (Å²) >= 11 is 0. The lowest BCUT2D eigenvalue weighted by atomic mass is 10.2. The molecule has 1 rings (SSSR count). The molecule has 0 saturated carbocycles. The van der Waals surface area contributed by atoms with Gasteiger partial charge in [0.25, 0.3) is 0 Å². The molecule has 0 fully saturated rings. The van der Waals surface area contributed by atoms with Crippen LogP contribution in [0.2, 0.25) is 0 Å². The second-order valence-electron chi connectivity index (χ2n) is 5.34. The van der Waals surface area contributed by atoms with Crippen LogP contribution in [0.15, 0.2) is 0 Å². The van der Waals surface area contributed by atoms with E-state index in [0.29, 0.717) is 5.92 Å². The van der Waals surface area contributed by atoms with Crippen molar-refractivity contribution in [2.24, 2.45) is 0 Å². The van der Waals surface area contributed by atoms with E-state index in [4.69, 9.17) is 9.72 Å². The number of nitrogens with zero attached hydrogens (tertiary/aromatic N) is 3. The fourth-order valence-corrected chi connectivity index (χ4v) is 2.16. The molecule has 0 aliphatic rings. The average molecular weight is 294 g/mol. The van der Waals surface area contributed by atoms with Crippen molar-refractivity contribution in [1.29, 1.82) is 0 Å². The molecule has 0 aromatic carbocycles. The van der Waals surface area contributed by atoms with Gasteiger partial charge in [-0.3, -0.25) is 0 Å². The number of ether oxygens (including phenoxy) is 1. The summed E-state index contributed by atoms with van der Waals surface area (Å²) in [7, 11) is 0. The van der Waals surface area contributed by atoms with Crippen LogP contribution in [-0.4, -0.2) is 42.8 Å². The van der Waals surface area contributed by atoms with Crippen molar-refractivity contribution in [1.82, 2.24) is 9.97 Å². The predicted octanol–water partition coefficient (Wildman–Crippen LogP) is 3.20. The summed E-state index contributed by atoms with van der Waals surface area (Å²) in [5.74, 6) is 3.17. The molecule has 21 heavy (non-hydrogen) atoms. The number of nitrogens with one attached hydrogen (secondary N) is 1. The van der Waals surface area contributed by atoms with Crippen molar-refractivity contribution < 1.29 is 4.74 Å². The number of aromatic nitrogens is 2. The van der Waals surface area contributed by atoms with Gasteiger partial charge in [0.05, 0.1) is 6.61 Å². The highest BCUT2D eigenvalue weighted by Gasteiger charge is 2.16. The van der Waals surface area contributed by atoms with Crippen LogP contribution in [0, 0.1) is 6.92 Å². The Morgan fingerprint density at radius 3 is 2.43 bits per heavy atom. The Morgan fingerprint density at radius 2 is 1.90 bits per heavy atom. The summed E-state index contributed by atoms with van der Waals surface area (Å²) in [6.45, 7) is 16.7. The van der Waals surface area contributed by atoms with Gasteiger partial charge in [-0.05, 0) is 27.7 Å². The van der Waals surface area contributed by atoms with Crippen LogP contribution in [0.4, 0.5) is 11.6 Å². The SMILES string of the molecule is CCNc1nc(C(C)C)nc(N(CC)CCOCC)c1C. The Kier molecular flexibility index (Phi) is 7.43. The van der Waals surface area contributed by atoms with Gasteiger partial charge in [-0.2, -0.15) is 0 Å². The Labute approximate surface area is 129 Å². The van der Waals surface area contributed by atoms with Crippen molar-refractivity contribution in [3.8, 4) is 0 Å². The zero-order valence-electron chi connectivity index (χ0n) is 14.4. The molecule has 120 valence electrons. The third kappa shape index (κ3) is 4.84. The van der Waals surface area contributed by atoms with Crippen molar-refractivity contribution in [2.75, 3.05) is 43.1 Å². The standard InChI is InChI=1S/C16H30N4O/c1-7-17-15-13(6)16(19-14(18-15)12(4)5)20(8-2)10-11-21-9-3/h12H,7-11H2,1-6H3,(H,17,18,19). The first-order chi connectivity index (χ1) is 10.0. The Bertz CT molecular complexity index is 435. The van der Waals surface area contributed by atoms with Crippen LogP contribution in [-0.2, 0) is 4.74 Å². The summed E-state index contributed by atoms with van der Waals surface area (Å²) in [6.07, 6.45) is 0. The second kappa shape index (κ2) is 8.82. The highest BCUT2D eigenvalue weighted by Crippen LogP contribution is 2.25. The topological polar surface area (TPSA) is 50.3 Å². The summed E-state index contributed by atoms with van der Waals surface area (Å²) in [5, 5.41) is 3.35. The minimum Gasteiger partial charge on any atom is -0.380 e. The van der Waals surface area contributed by atoms with Crippen LogP contribution in [0.1, 0.15) is 51.9 Å². The maximum Gasteiger partial charge on any atom is 0.137 e. The van der Waals surface area contributed by atoms with Gasteiger partial charge < -0.3 is 15.0 Å². The molecule has 0 saturated heterocycles. The molecule has 1 aromatic rings. The van der Waals surface area contributed by atoms with Crippen LogP contribution in [0.3, 0.4) is 0 Å². The summed E-state index contributed by atoms with van der Waals surface area (Å²) in [5.41, 5.74) is 1.11. The first kappa shape index (κ1) is 17.7. The molecule has 0 spiro atoms. The first-order valence-corrected chi connectivity index (χ1v) is 8.00. The molecule has 0 unspecified atom stereocenters. The monoisotopic (exact) mass is 294 g/mol. The fraction of sp³-hybridized carbons (Fsp3) is 0.750.